The van der Waals surface area contributed by atoms with Crippen LogP contribution < -0.4 is 20.1 Å². The first kappa shape index (κ1) is 28.6. The van der Waals surface area contributed by atoms with E-state index in [2.05, 4.69) is 30.6 Å². The zero-order valence-electron chi connectivity index (χ0n) is 23.4. The largest absolute Gasteiger partial charge is 0.484 e. The number of halogens is 1. The van der Waals surface area contributed by atoms with E-state index in [-0.39, 0.29) is 11.4 Å². The third kappa shape index (κ3) is 6.05. The molecule has 3 heterocycles. The molecule has 0 unspecified atom stereocenters. The van der Waals surface area contributed by atoms with Crippen LogP contribution in [0.5, 0.6) is 11.6 Å². The van der Waals surface area contributed by atoms with Gasteiger partial charge >= 0.3 is 6.09 Å². The fraction of sp³-hybridized carbons (Fsp3) is 0.241. The van der Waals surface area contributed by atoms with Gasteiger partial charge in [0.2, 0.25) is 5.88 Å². The summed E-state index contributed by atoms with van der Waals surface area (Å²) in [6, 6.07) is 9.72. The van der Waals surface area contributed by atoms with E-state index in [9.17, 15) is 9.59 Å². The molecule has 2 amide bonds. The number of ether oxygens (including phenoxy) is 3. The molecule has 0 saturated heterocycles. The average Bonchev–Trinajstić information content (AvgIpc) is 3.38. The van der Waals surface area contributed by atoms with Crippen LogP contribution >= 0.6 is 11.3 Å². The van der Waals surface area contributed by atoms with E-state index in [1.807, 2.05) is 19.1 Å². The van der Waals surface area contributed by atoms with Gasteiger partial charge in [0.25, 0.3) is 5.91 Å². The van der Waals surface area contributed by atoms with Crippen LogP contribution in [0.1, 0.15) is 29.9 Å². The number of nitrogens with one attached hydrogen (secondary N) is 2. The Labute approximate surface area is 244 Å². The van der Waals surface area contributed by atoms with Crippen molar-refractivity contribution in [3.63, 3.8) is 0 Å². The first-order chi connectivity index (χ1) is 20.1. The first-order valence-electron chi connectivity index (χ1n) is 12.9. The molecule has 0 saturated carbocycles. The van der Waals surface area contributed by atoms with Crippen LogP contribution in [-0.2, 0) is 4.74 Å². The van der Waals surface area contributed by atoms with Crippen LogP contribution in [0, 0.1) is 12.7 Å². The molecule has 0 aliphatic rings. The Bertz CT molecular complexity index is 1810. The summed E-state index contributed by atoms with van der Waals surface area (Å²) >= 11 is 1.37. The minimum atomic E-state index is -0.763. The topological polar surface area (TPSA) is 137 Å². The lowest BCUT2D eigenvalue weighted by Gasteiger charge is -2.22. The molecule has 0 aliphatic heterocycles. The minimum absolute atomic E-state index is 0.00374. The van der Waals surface area contributed by atoms with E-state index in [4.69, 9.17) is 14.2 Å². The molecule has 2 atom stereocenters. The lowest BCUT2D eigenvalue weighted by atomic mass is 10.1. The van der Waals surface area contributed by atoms with Crippen LogP contribution in [0.15, 0.2) is 48.8 Å². The van der Waals surface area contributed by atoms with Gasteiger partial charge in [0, 0.05) is 36.6 Å². The monoisotopic (exact) mass is 590 g/mol. The number of rotatable bonds is 8. The highest BCUT2D eigenvalue weighted by molar-refractivity contribution is 7.21. The van der Waals surface area contributed by atoms with E-state index >= 15 is 4.39 Å². The normalized spacial score (nSPS) is 12.5. The molecule has 42 heavy (non-hydrogen) atoms. The van der Waals surface area contributed by atoms with Gasteiger partial charge in [-0.3, -0.25) is 15.1 Å². The smallest absolute Gasteiger partial charge is 0.412 e. The van der Waals surface area contributed by atoms with Crippen molar-refractivity contribution >= 4 is 50.3 Å². The number of fused-ring (bicyclic) bond motifs is 2. The Hall–Kier alpha value is -4.91. The molecule has 0 spiro atoms. The second-order valence-corrected chi connectivity index (χ2v) is 10.5. The van der Waals surface area contributed by atoms with Crippen molar-refractivity contribution in [3.05, 3.63) is 65.9 Å². The Balaban J connectivity index is 1.31. The summed E-state index contributed by atoms with van der Waals surface area (Å²) < 4.78 is 32.3. The third-order valence-corrected chi connectivity index (χ3v) is 7.43. The van der Waals surface area contributed by atoms with Gasteiger partial charge in [-0.2, -0.15) is 0 Å². The number of anilines is 1. The summed E-state index contributed by atoms with van der Waals surface area (Å²) in [7, 11) is 3.01. The Kier molecular flexibility index (Phi) is 8.11. The number of pyridine rings is 1. The molecule has 216 valence electrons. The maximum atomic E-state index is 15.1. The number of methoxy groups -OCH3 is 1. The van der Waals surface area contributed by atoms with E-state index < -0.39 is 30.0 Å². The highest BCUT2D eigenvalue weighted by Gasteiger charge is 2.22. The number of hydrogen-bond acceptors (Lipinski definition) is 10. The average molecular weight is 591 g/mol. The van der Waals surface area contributed by atoms with Gasteiger partial charge in [-0.05, 0) is 50.6 Å². The molecule has 2 N–H and O–H groups in total. The maximum Gasteiger partial charge on any atom is 0.412 e. The second-order valence-electron chi connectivity index (χ2n) is 9.43. The number of carbonyl (C=O) groups excluding carboxylic acids is 2. The first-order valence-corrected chi connectivity index (χ1v) is 13.7. The molecule has 2 aromatic carbocycles. The molecule has 0 bridgehead atoms. The predicted octanol–water partition coefficient (Wildman–Crippen LogP) is 5.52. The van der Waals surface area contributed by atoms with Crippen molar-refractivity contribution < 1.29 is 28.2 Å². The van der Waals surface area contributed by atoms with E-state index in [0.29, 0.717) is 37.8 Å². The summed E-state index contributed by atoms with van der Waals surface area (Å²) in [6.45, 7) is 5.25. The lowest BCUT2D eigenvalue weighted by Crippen LogP contribution is -2.32. The van der Waals surface area contributed by atoms with Crippen LogP contribution in [0.4, 0.5) is 14.9 Å². The van der Waals surface area contributed by atoms with E-state index in [0.717, 1.165) is 11.1 Å². The molecule has 13 heteroatoms. The second kappa shape index (κ2) is 11.9. The Morgan fingerprint density at radius 2 is 1.83 bits per heavy atom. The van der Waals surface area contributed by atoms with Gasteiger partial charge in [-0.25, -0.2) is 24.1 Å². The summed E-state index contributed by atoms with van der Waals surface area (Å²) in [5, 5.41) is 5.68. The van der Waals surface area contributed by atoms with Crippen molar-refractivity contribution in [2.45, 2.75) is 33.0 Å². The SMILES string of the molecule is CNC(=O)c1cc(NC(=O)O[C@H](C)[C@H](C)Oc2cc3sc(-c4cc(C)cc5nc(OC)cnc45)nc3cc2F)ccn1. The van der Waals surface area contributed by atoms with Crippen LogP contribution in [0.3, 0.4) is 0 Å². The van der Waals surface area contributed by atoms with Crippen molar-refractivity contribution in [1.82, 2.24) is 25.3 Å². The fourth-order valence-corrected chi connectivity index (χ4v) is 5.11. The maximum absolute atomic E-state index is 15.1. The summed E-state index contributed by atoms with van der Waals surface area (Å²) in [6.07, 6.45) is 0.738. The number of amides is 2. The van der Waals surface area contributed by atoms with Gasteiger partial charge in [-0.1, -0.05) is 0 Å². The summed E-state index contributed by atoms with van der Waals surface area (Å²) in [5.74, 6) is -0.579. The van der Waals surface area contributed by atoms with Gasteiger partial charge in [0.05, 0.1) is 34.6 Å². The minimum Gasteiger partial charge on any atom is -0.484 e. The van der Waals surface area contributed by atoms with E-state index in [1.165, 1.54) is 49.9 Å². The van der Waals surface area contributed by atoms with Gasteiger partial charge in [0.15, 0.2) is 11.6 Å². The number of aromatic nitrogens is 4. The van der Waals surface area contributed by atoms with Gasteiger partial charge < -0.3 is 19.5 Å². The number of benzene rings is 2. The zero-order valence-corrected chi connectivity index (χ0v) is 24.2. The highest BCUT2D eigenvalue weighted by Crippen LogP contribution is 2.37. The number of thiazole rings is 1. The number of nitrogens with zero attached hydrogens (tertiary/aromatic N) is 4. The Morgan fingerprint density at radius 1 is 1.02 bits per heavy atom. The molecular formula is C29H27FN6O5S. The van der Waals surface area contributed by atoms with Crippen molar-refractivity contribution in [3.8, 4) is 22.2 Å². The Morgan fingerprint density at radius 3 is 2.60 bits per heavy atom. The summed E-state index contributed by atoms with van der Waals surface area (Å²) in [5.41, 5.74) is 4.02. The predicted molar refractivity (Wildman–Crippen MR) is 157 cm³/mol. The van der Waals surface area contributed by atoms with Crippen LogP contribution in [0.2, 0.25) is 0 Å². The molecule has 0 fully saturated rings. The molecule has 3 aromatic heterocycles. The third-order valence-electron chi connectivity index (χ3n) is 6.38. The van der Waals surface area contributed by atoms with Gasteiger partial charge in [-0.15, -0.1) is 11.3 Å². The standard InChI is InChI=1S/C29H27FN6O5S/c1-14-8-18(26-21(9-14)35-25(39-5)13-33-26)28-36-20-11-19(30)23(12-24(20)42-28)40-15(2)16(3)41-29(38)34-17-6-7-32-22(10-17)27(37)31-4/h6-13,15-16H,1-5H3,(H,31,37)(H,32,34,38)/t15-,16+/m0/s1. The zero-order chi connectivity index (χ0) is 30.0. The number of hydrogen-bond donors (Lipinski definition) is 2. The summed E-state index contributed by atoms with van der Waals surface area (Å²) in [4.78, 5) is 41.8. The van der Waals surface area contributed by atoms with Crippen molar-refractivity contribution in [1.29, 1.82) is 0 Å². The van der Waals surface area contributed by atoms with Crippen LogP contribution in [0.25, 0.3) is 31.8 Å². The van der Waals surface area contributed by atoms with Crippen molar-refractivity contribution in [2.24, 2.45) is 0 Å². The molecular weight excluding hydrogens is 563 g/mol. The lowest BCUT2D eigenvalue weighted by molar-refractivity contribution is 0.0402. The van der Waals surface area contributed by atoms with E-state index in [1.54, 1.807) is 26.1 Å². The molecule has 5 rings (SSSR count). The number of aryl methyl sites for hydroxylation is 1. The molecule has 0 radical (unpaired) electrons. The van der Waals surface area contributed by atoms with Crippen molar-refractivity contribution in [2.75, 3.05) is 19.5 Å². The highest BCUT2D eigenvalue weighted by atomic mass is 32.1. The van der Waals surface area contributed by atoms with Crippen LogP contribution in [-0.4, -0.2) is 58.3 Å². The molecule has 5 aromatic rings. The quantitative estimate of drug-likeness (QED) is 0.239. The molecule has 11 nitrogen and oxygen atoms in total. The molecule has 0 aliphatic carbocycles. The fourth-order valence-electron chi connectivity index (χ4n) is 4.11. The number of carbonyl (C=O) groups is 2. The van der Waals surface area contributed by atoms with Gasteiger partial charge in [0.1, 0.15) is 22.9 Å².